The molecule has 0 aliphatic heterocycles. The van der Waals surface area contributed by atoms with E-state index in [1.165, 1.54) is 50.2 Å². The molecule has 0 radical (unpaired) electrons. The largest absolute Gasteiger partial charge is 0.341 e. The molecular weight excluding hydrogens is 330 g/mol. The number of aromatic nitrogens is 2. The van der Waals surface area contributed by atoms with Gasteiger partial charge < -0.3 is 5.32 Å². The maximum Gasteiger partial charge on any atom is 0.327 e. The van der Waals surface area contributed by atoms with E-state index in [0.717, 1.165) is 17.7 Å². The van der Waals surface area contributed by atoms with Gasteiger partial charge in [0, 0.05) is 17.3 Å². The second-order valence-corrected chi connectivity index (χ2v) is 6.58. The minimum atomic E-state index is -0.536. The summed E-state index contributed by atoms with van der Waals surface area (Å²) in [5.74, 6) is 5.99. The summed E-state index contributed by atoms with van der Waals surface area (Å²) in [6, 6.07) is 7.52. The molecule has 0 aliphatic carbocycles. The number of nitrogens with one attached hydrogen (secondary N) is 3. The van der Waals surface area contributed by atoms with E-state index in [1.54, 1.807) is 5.43 Å². The van der Waals surface area contributed by atoms with Crippen LogP contribution >= 0.6 is 0 Å². The molecule has 0 fully saturated rings. The fourth-order valence-corrected chi connectivity index (χ4v) is 3.01. The molecule has 1 aromatic heterocycles. The third-order valence-electron chi connectivity index (χ3n) is 4.36. The van der Waals surface area contributed by atoms with E-state index < -0.39 is 11.2 Å². The summed E-state index contributed by atoms with van der Waals surface area (Å²) >= 11 is 0. The molecule has 26 heavy (non-hydrogen) atoms. The van der Waals surface area contributed by atoms with Crippen LogP contribution in [-0.2, 0) is 13.0 Å². The average molecular weight is 360 g/mol. The zero-order valence-electron chi connectivity index (χ0n) is 15.4. The van der Waals surface area contributed by atoms with Crippen molar-refractivity contribution in [1.29, 1.82) is 0 Å². The molecular formula is C19H30N5O2+. The van der Waals surface area contributed by atoms with Crippen molar-refractivity contribution < 1.29 is 5.43 Å². The van der Waals surface area contributed by atoms with Gasteiger partial charge in [-0.2, -0.15) is 5.84 Å². The summed E-state index contributed by atoms with van der Waals surface area (Å²) in [4.78, 5) is 27.6. The Balaban J connectivity index is 2.03. The number of benzene rings is 1. The van der Waals surface area contributed by atoms with Gasteiger partial charge in [0.05, 0.1) is 0 Å². The van der Waals surface area contributed by atoms with Crippen molar-refractivity contribution in [3.05, 3.63) is 56.2 Å². The van der Waals surface area contributed by atoms with E-state index in [-0.39, 0.29) is 0 Å². The third kappa shape index (κ3) is 6.50. The highest BCUT2D eigenvalue weighted by Gasteiger charge is 2.07. The number of aromatic amines is 2. The van der Waals surface area contributed by atoms with Gasteiger partial charge in [0.2, 0.25) is 0 Å². The highest BCUT2D eigenvalue weighted by molar-refractivity contribution is 5.60. The van der Waals surface area contributed by atoms with Gasteiger partial charge in [-0.25, -0.2) is 4.79 Å². The molecule has 1 heterocycles. The molecule has 2 rings (SSSR count). The second-order valence-electron chi connectivity index (χ2n) is 6.58. The number of anilines is 2. The average Bonchev–Trinajstić information content (AvgIpc) is 2.59. The predicted octanol–water partition coefficient (Wildman–Crippen LogP) is 1.65. The Bertz CT molecular complexity index is 769. The molecule has 7 nitrogen and oxygen atoms in total. The van der Waals surface area contributed by atoms with Crippen molar-refractivity contribution in [2.75, 3.05) is 5.32 Å². The van der Waals surface area contributed by atoms with Crippen LogP contribution in [0, 0.1) is 0 Å². The molecule has 2 aromatic rings. The molecule has 7 N–H and O–H groups in total. The number of hydrogen-bond donors (Lipinski definition) is 5. The van der Waals surface area contributed by atoms with Crippen molar-refractivity contribution >= 4 is 11.5 Å². The van der Waals surface area contributed by atoms with Crippen LogP contribution in [-0.4, -0.2) is 9.97 Å². The van der Waals surface area contributed by atoms with Gasteiger partial charge in [0.1, 0.15) is 12.4 Å². The molecule has 0 saturated heterocycles. The Morgan fingerprint density at radius 3 is 2.54 bits per heavy atom. The zero-order chi connectivity index (χ0) is 18.8. The first-order valence-corrected chi connectivity index (χ1v) is 9.38. The molecule has 0 spiro atoms. The van der Waals surface area contributed by atoms with Gasteiger partial charge in [0.15, 0.2) is 0 Å². The molecule has 0 saturated carbocycles. The lowest BCUT2D eigenvalue weighted by Crippen LogP contribution is -2.89. The molecule has 1 aromatic carbocycles. The summed E-state index contributed by atoms with van der Waals surface area (Å²) < 4.78 is 0. The van der Waals surface area contributed by atoms with E-state index in [9.17, 15) is 9.59 Å². The number of hydrogen-bond acceptors (Lipinski definition) is 4. The Kier molecular flexibility index (Phi) is 8.11. The molecule has 0 bridgehead atoms. The number of unbranched alkanes of at least 4 members (excludes halogenated alkanes) is 5. The van der Waals surface area contributed by atoms with Gasteiger partial charge >= 0.3 is 5.69 Å². The van der Waals surface area contributed by atoms with E-state index in [4.69, 9.17) is 5.84 Å². The first kappa shape index (κ1) is 19.9. The number of quaternary nitrogens is 1. The summed E-state index contributed by atoms with van der Waals surface area (Å²) in [5.41, 5.74) is 3.78. The standard InChI is InChI=1S/C19H29N5O2/c1-2-3-4-5-6-7-8-14-9-10-16(15(11-14)13-21-20)22-17-12-18(25)24-19(26)23-17/h9-12,21H,2-8,13,20H2,1H3,(H3,22,23,24,25,26)/p+1. The lowest BCUT2D eigenvalue weighted by atomic mass is 10.0. The van der Waals surface area contributed by atoms with Crippen molar-refractivity contribution in [3.8, 4) is 0 Å². The lowest BCUT2D eigenvalue weighted by Gasteiger charge is -2.12. The van der Waals surface area contributed by atoms with Crippen molar-refractivity contribution in [2.24, 2.45) is 5.84 Å². The molecule has 0 amide bonds. The first-order valence-electron chi connectivity index (χ1n) is 9.38. The highest BCUT2D eigenvalue weighted by atomic mass is 16.2. The smallest absolute Gasteiger partial charge is 0.327 e. The number of aryl methyl sites for hydroxylation is 1. The Labute approximate surface area is 153 Å². The van der Waals surface area contributed by atoms with Gasteiger partial charge in [0.25, 0.3) is 5.56 Å². The van der Waals surface area contributed by atoms with Crippen molar-refractivity contribution in [3.63, 3.8) is 0 Å². The maximum atomic E-state index is 11.4. The fourth-order valence-electron chi connectivity index (χ4n) is 3.01. The van der Waals surface area contributed by atoms with Gasteiger partial charge in [-0.3, -0.25) is 20.2 Å². The van der Waals surface area contributed by atoms with Crippen LogP contribution in [0.3, 0.4) is 0 Å². The summed E-state index contributed by atoms with van der Waals surface area (Å²) in [5, 5.41) is 3.11. The normalized spacial score (nSPS) is 10.8. The van der Waals surface area contributed by atoms with Crippen LogP contribution in [0.1, 0.15) is 56.6 Å². The lowest BCUT2D eigenvalue weighted by molar-refractivity contribution is -0.683. The van der Waals surface area contributed by atoms with E-state index in [2.05, 4.69) is 34.3 Å². The van der Waals surface area contributed by atoms with Gasteiger partial charge in [-0.05, 0) is 30.5 Å². The number of rotatable bonds is 11. The minimum Gasteiger partial charge on any atom is -0.341 e. The quantitative estimate of drug-likeness (QED) is 0.238. The van der Waals surface area contributed by atoms with Crippen LogP contribution in [0.5, 0.6) is 0 Å². The Hall–Kier alpha value is -2.38. The van der Waals surface area contributed by atoms with E-state index in [0.29, 0.717) is 12.4 Å². The monoisotopic (exact) mass is 360 g/mol. The molecule has 7 heteroatoms. The summed E-state index contributed by atoms with van der Waals surface area (Å²) in [6.45, 7) is 2.84. The number of nitrogens with two attached hydrogens (primary N) is 2. The first-order chi connectivity index (χ1) is 12.6. The molecule has 142 valence electrons. The summed E-state index contributed by atoms with van der Waals surface area (Å²) in [6.07, 6.45) is 8.70. The zero-order valence-corrected chi connectivity index (χ0v) is 15.4. The van der Waals surface area contributed by atoms with Gasteiger partial charge in [-0.15, -0.1) is 0 Å². The second kappa shape index (κ2) is 10.6. The Morgan fingerprint density at radius 2 is 1.81 bits per heavy atom. The van der Waals surface area contributed by atoms with Crippen LogP contribution in [0.25, 0.3) is 0 Å². The van der Waals surface area contributed by atoms with Crippen molar-refractivity contribution in [2.45, 2.75) is 58.4 Å². The topological polar surface area (TPSA) is 120 Å². The third-order valence-corrected chi connectivity index (χ3v) is 4.36. The predicted molar refractivity (Wildman–Crippen MR) is 104 cm³/mol. The van der Waals surface area contributed by atoms with E-state index in [1.807, 2.05) is 6.07 Å². The summed E-state index contributed by atoms with van der Waals surface area (Å²) in [7, 11) is 0. The minimum absolute atomic E-state index is 0.362. The van der Waals surface area contributed by atoms with E-state index >= 15 is 0 Å². The van der Waals surface area contributed by atoms with Crippen molar-refractivity contribution in [1.82, 2.24) is 9.97 Å². The fraction of sp³-hybridized carbons (Fsp3) is 0.474. The SMILES string of the molecule is CCCCCCCCc1ccc(Nc2cc(=O)[nH]c(=O)[nH]2)c(C[NH2+]N)c1. The number of H-pyrrole nitrogens is 2. The van der Waals surface area contributed by atoms with Gasteiger partial charge in [-0.1, -0.05) is 45.1 Å². The Morgan fingerprint density at radius 1 is 1.04 bits per heavy atom. The van der Waals surface area contributed by atoms with Crippen LogP contribution in [0.4, 0.5) is 11.5 Å². The molecule has 0 atom stereocenters. The highest BCUT2D eigenvalue weighted by Crippen LogP contribution is 2.21. The van der Waals surface area contributed by atoms with Crippen LogP contribution in [0.15, 0.2) is 33.9 Å². The maximum absolute atomic E-state index is 11.4. The van der Waals surface area contributed by atoms with Crippen LogP contribution < -0.4 is 27.8 Å². The molecule has 0 unspecified atom stereocenters. The van der Waals surface area contributed by atoms with Crippen LogP contribution in [0.2, 0.25) is 0 Å². The molecule has 0 aliphatic rings.